The van der Waals surface area contributed by atoms with Gasteiger partial charge >= 0.3 is 0 Å². The van der Waals surface area contributed by atoms with E-state index in [-0.39, 0.29) is 11.9 Å². The summed E-state index contributed by atoms with van der Waals surface area (Å²) in [7, 11) is 3.77. The maximum absolute atomic E-state index is 12.7. The molecule has 0 radical (unpaired) electrons. The number of nitrogens with zero attached hydrogens (tertiary/aromatic N) is 1. The van der Waals surface area contributed by atoms with E-state index in [4.69, 9.17) is 4.74 Å². The molecule has 5 heteroatoms. The van der Waals surface area contributed by atoms with Crippen molar-refractivity contribution in [2.24, 2.45) is 7.05 Å². The number of fused-ring (bicyclic) bond motifs is 4. The molecule has 0 bridgehead atoms. The molecule has 0 spiro atoms. The minimum Gasteiger partial charge on any atom is -0.497 e. The highest BCUT2D eigenvalue weighted by Crippen LogP contribution is 2.36. The highest BCUT2D eigenvalue weighted by molar-refractivity contribution is 5.87. The fourth-order valence-electron chi connectivity index (χ4n) is 5.04. The number of methoxy groups -OCH3 is 1. The molecule has 160 valence electrons. The third kappa shape index (κ3) is 3.69. The molecule has 31 heavy (non-hydrogen) atoms. The van der Waals surface area contributed by atoms with E-state index < -0.39 is 0 Å². The van der Waals surface area contributed by atoms with Crippen molar-refractivity contribution in [3.8, 4) is 5.75 Å². The quantitative estimate of drug-likeness (QED) is 0.456. The van der Waals surface area contributed by atoms with Crippen LogP contribution in [0.2, 0.25) is 0 Å². The number of carbonyl (C=O) groups is 1. The van der Waals surface area contributed by atoms with Crippen molar-refractivity contribution >= 4 is 27.7 Å². The lowest BCUT2D eigenvalue weighted by molar-refractivity contribution is -0.122. The molecule has 2 aromatic heterocycles. The molecular weight excluding hydrogens is 386 g/mol. The van der Waals surface area contributed by atoms with Gasteiger partial charge in [0.05, 0.1) is 13.2 Å². The first kappa shape index (κ1) is 19.7. The van der Waals surface area contributed by atoms with E-state index in [1.807, 2.05) is 6.07 Å². The van der Waals surface area contributed by atoms with Gasteiger partial charge in [-0.05, 0) is 67.5 Å². The number of para-hydroxylation sites is 1. The van der Waals surface area contributed by atoms with E-state index in [1.165, 1.54) is 27.4 Å². The number of aryl methyl sites for hydroxylation is 3. The first-order chi connectivity index (χ1) is 15.1. The van der Waals surface area contributed by atoms with Crippen molar-refractivity contribution in [1.82, 2.24) is 14.9 Å². The first-order valence-electron chi connectivity index (χ1n) is 11.1. The smallest absolute Gasteiger partial charge is 0.220 e. The Kier molecular flexibility index (Phi) is 5.18. The van der Waals surface area contributed by atoms with Crippen LogP contribution in [0.25, 0.3) is 21.8 Å². The van der Waals surface area contributed by atoms with Crippen LogP contribution in [0, 0.1) is 0 Å². The van der Waals surface area contributed by atoms with Crippen molar-refractivity contribution in [2.45, 2.75) is 44.6 Å². The lowest BCUT2D eigenvalue weighted by Gasteiger charge is -2.24. The highest BCUT2D eigenvalue weighted by Gasteiger charge is 2.25. The van der Waals surface area contributed by atoms with Gasteiger partial charge in [0.1, 0.15) is 5.75 Å². The lowest BCUT2D eigenvalue weighted by Crippen LogP contribution is -2.30. The molecule has 2 heterocycles. The molecule has 2 N–H and O–H groups in total. The van der Waals surface area contributed by atoms with Crippen LogP contribution >= 0.6 is 0 Å². The van der Waals surface area contributed by atoms with Crippen LogP contribution in [0.4, 0.5) is 0 Å². The number of benzene rings is 2. The second-order valence-electron chi connectivity index (χ2n) is 8.58. The van der Waals surface area contributed by atoms with Gasteiger partial charge in [-0.2, -0.15) is 0 Å². The minimum atomic E-state index is 0.0622. The first-order valence-corrected chi connectivity index (χ1v) is 11.1. The maximum Gasteiger partial charge on any atom is 0.220 e. The molecule has 0 fully saturated rings. The van der Waals surface area contributed by atoms with Gasteiger partial charge in [-0.15, -0.1) is 0 Å². The molecular formula is C26H29N3O2. The zero-order chi connectivity index (χ0) is 21.4. The second kappa shape index (κ2) is 8.14. The summed E-state index contributed by atoms with van der Waals surface area (Å²) in [5.41, 5.74) is 6.16. The number of carbonyl (C=O) groups excluding carboxylic acids is 1. The Morgan fingerprint density at radius 2 is 2.10 bits per heavy atom. The van der Waals surface area contributed by atoms with Gasteiger partial charge < -0.3 is 19.6 Å². The van der Waals surface area contributed by atoms with Crippen LogP contribution in [0.5, 0.6) is 5.75 Å². The summed E-state index contributed by atoms with van der Waals surface area (Å²) < 4.78 is 7.56. The van der Waals surface area contributed by atoms with Gasteiger partial charge in [-0.3, -0.25) is 4.79 Å². The third-order valence-corrected chi connectivity index (χ3v) is 6.58. The van der Waals surface area contributed by atoms with E-state index in [0.29, 0.717) is 6.42 Å². The molecule has 1 amide bonds. The van der Waals surface area contributed by atoms with Crippen LogP contribution in [-0.4, -0.2) is 22.6 Å². The SMILES string of the molecule is COc1ccc2[nH]c3c(c2c1)CCC[C@H]3NC(=O)CCCc1cn(C)c2ccccc12. The second-order valence-corrected chi connectivity index (χ2v) is 8.58. The summed E-state index contributed by atoms with van der Waals surface area (Å²) in [6.45, 7) is 0. The Morgan fingerprint density at radius 3 is 2.97 bits per heavy atom. The van der Waals surface area contributed by atoms with Crippen LogP contribution in [-0.2, 0) is 24.7 Å². The predicted octanol–water partition coefficient (Wildman–Crippen LogP) is 5.18. The van der Waals surface area contributed by atoms with Gasteiger partial charge in [0.25, 0.3) is 0 Å². The topological polar surface area (TPSA) is 59.0 Å². The molecule has 1 aliphatic carbocycles. The zero-order valence-corrected chi connectivity index (χ0v) is 18.2. The van der Waals surface area contributed by atoms with Gasteiger partial charge in [0.2, 0.25) is 5.91 Å². The van der Waals surface area contributed by atoms with Crippen molar-refractivity contribution < 1.29 is 9.53 Å². The summed E-state index contributed by atoms with van der Waals surface area (Å²) in [6, 6.07) is 14.7. The summed E-state index contributed by atoms with van der Waals surface area (Å²) >= 11 is 0. The van der Waals surface area contributed by atoms with Crippen LogP contribution in [0.15, 0.2) is 48.7 Å². The Bertz CT molecular complexity index is 1250. The molecule has 5 nitrogen and oxygen atoms in total. The Morgan fingerprint density at radius 1 is 1.23 bits per heavy atom. The van der Waals surface area contributed by atoms with Gasteiger partial charge in [-0.1, -0.05) is 18.2 Å². The van der Waals surface area contributed by atoms with E-state index in [1.54, 1.807) is 7.11 Å². The number of amides is 1. The van der Waals surface area contributed by atoms with Crippen molar-refractivity contribution in [3.05, 3.63) is 65.5 Å². The van der Waals surface area contributed by atoms with Crippen LogP contribution in [0.1, 0.15) is 48.5 Å². The largest absolute Gasteiger partial charge is 0.497 e. The standard InChI is InChI=1S/C26H29N3O2/c1-29-16-17(19-8-3-4-11-24(19)29)7-5-12-25(30)27-23-10-6-9-20-21-15-18(31-2)13-14-22(21)28-26(20)23/h3-4,8,11,13-16,23,28H,5-7,9-10,12H2,1-2H3,(H,27,30)/t23-/m1/s1. The molecule has 4 aromatic rings. The van der Waals surface area contributed by atoms with Crippen molar-refractivity contribution in [2.75, 3.05) is 7.11 Å². The molecule has 2 aromatic carbocycles. The van der Waals surface area contributed by atoms with Gasteiger partial charge in [-0.25, -0.2) is 0 Å². The number of ether oxygens (including phenoxy) is 1. The number of hydrogen-bond donors (Lipinski definition) is 2. The van der Waals surface area contributed by atoms with E-state index in [0.717, 1.165) is 49.1 Å². The molecule has 0 aliphatic heterocycles. The summed E-state index contributed by atoms with van der Waals surface area (Å²) in [4.78, 5) is 16.3. The van der Waals surface area contributed by atoms with Gasteiger partial charge in [0, 0.05) is 47.2 Å². The summed E-state index contributed by atoms with van der Waals surface area (Å²) in [5, 5.41) is 5.79. The molecule has 5 rings (SSSR count). The fourth-order valence-corrected chi connectivity index (χ4v) is 5.04. The summed E-state index contributed by atoms with van der Waals surface area (Å²) in [5.74, 6) is 1.00. The molecule has 0 unspecified atom stereocenters. The van der Waals surface area contributed by atoms with Crippen molar-refractivity contribution in [1.29, 1.82) is 0 Å². The Labute approximate surface area is 182 Å². The van der Waals surface area contributed by atoms with E-state index >= 15 is 0 Å². The molecule has 0 saturated carbocycles. The monoisotopic (exact) mass is 415 g/mol. The number of H-pyrrole nitrogens is 1. The van der Waals surface area contributed by atoms with E-state index in [2.05, 4.69) is 64.5 Å². The number of aromatic nitrogens is 2. The molecule has 0 saturated heterocycles. The maximum atomic E-state index is 12.7. The Hall–Kier alpha value is -3.21. The number of rotatable bonds is 6. The number of hydrogen-bond acceptors (Lipinski definition) is 2. The van der Waals surface area contributed by atoms with Crippen molar-refractivity contribution in [3.63, 3.8) is 0 Å². The van der Waals surface area contributed by atoms with Crippen LogP contribution in [0.3, 0.4) is 0 Å². The zero-order valence-electron chi connectivity index (χ0n) is 18.2. The minimum absolute atomic E-state index is 0.0622. The fraction of sp³-hybridized carbons (Fsp3) is 0.346. The number of aromatic amines is 1. The third-order valence-electron chi connectivity index (χ3n) is 6.58. The van der Waals surface area contributed by atoms with E-state index in [9.17, 15) is 4.79 Å². The average Bonchev–Trinajstić information content (AvgIpc) is 3.32. The normalized spacial score (nSPS) is 15.9. The summed E-state index contributed by atoms with van der Waals surface area (Å²) in [6.07, 6.45) is 7.60. The molecule has 1 aliphatic rings. The molecule has 1 atom stereocenters. The average molecular weight is 416 g/mol. The predicted molar refractivity (Wildman–Crippen MR) is 125 cm³/mol. The van der Waals surface area contributed by atoms with Crippen LogP contribution < -0.4 is 10.1 Å². The number of nitrogens with one attached hydrogen (secondary N) is 2. The lowest BCUT2D eigenvalue weighted by atomic mass is 9.91. The highest BCUT2D eigenvalue weighted by atomic mass is 16.5. The Balaban J connectivity index is 1.25. The van der Waals surface area contributed by atoms with Gasteiger partial charge in [0.15, 0.2) is 0 Å².